The molecule has 0 bridgehead atoms. The summed E-state index contributed by atoms with van der Waals surface area (Å²) >= 11 is 0. The summed E-state index contributed by atoms with van der Waals surface area (Å²) in [6.07, 6.45) is 5.07. The summed E-state index contributed by atoms with van der Waals surface area (Å²) in [6, 6.07) is 0.286. The zero-order valence-electron chi connectivity index (χ0n) is 10.5. The van der Waals surface area contributed by atoms with Crippen LogP contribution in [0.25, 0.3) is 0 Å². The smallest absolute Gasteiger partial charge is 0.154 e. The molecule has 4 nitrogen and oxygen atoms in total. The van der Waals surface area contributed by atoms with Gasteiger partial charge in [0.15, 0.2) is 9.84 Å². The van der Waals surface area contributed by atoms with Crippen molar-refractivity contribution in [3.05, 3.63) is 0 Å². The molecule has 0 aliphatic carbocycles. The normalized spacial score (nSPS) is 39.1. The van der Waals surface area contributed by atoms with Gasteiger partial charge in [-0.25, -0.2) is 8.42 Å². The SMILES string of the molecule is CCC1CCCCCN1C1CS(=O)(=O)CC1O. The van der Waals surface area contributed by atoms with Gasteiger partial charge in [0.05, 0.1) is 23.7 Å². The molecule has 2 heterocycles. The maximum atomic E-state index is 11.6. The van der Waals surface area contributed by atoms with E-state index < -0.39 is 15.9 Å². The number of likely N-dealkylation sites (tertiary alicyclic amines) is 1. The predicted molar refractivity (Wildman–Crippen MR) is 67.7 cm³/mol. The fourth-order valence-corrected chi connectivity index (χ4v) is 5.01. The van der Waals surface area contributed by atoms with Crippen LogP contribution in [0.4, 0.5) is 0 Å². The molecule has 17 heavy (non-hydrogen) atoms. The Bertz CT molecular complexity index is 355. The number of nitrogens with zero attached hydrogens (tertiary/aromatic N) is 1. The van der Waals surface area contributed by atoms with E-state index in [0.717, 1.165) is 25.8 Å². The molecule has 2 saturated heterocycles. The Kier molecular flexibility index (Phi) is 4.10. The highest BCUT2D eigenvalue weighted by atomic mass is 32.2. The van der Waals surface area contributed by atoms with Crippen LogP contribution in [0.5, 0.6) is 0 Å². The van der Waals surface area contributed by atoms with Crippen molar-refractivity contribution in [3.8, 4) is 0 Å². The second-order valence-electron chi connectivity index (χ2n) is 5.36. The van der Waals surface area contributed by atoms with Crippen molar-refractivity contribution in [3.63, 3.8) is 0 Å². The molecule has 3 unspecified atom stereocenters. The predicted octanol–water partition coefficient (Wildman–Crippen LogP) is 0.799. The summed E-state index contributed by atoms with van der Waals surface area (Å²) in [5.41, 5.74) is 0. The molecule has 0 aromatic carbocycles. The minimum atomic E-state index is -3.03. The van der Waals surface area contributed by atoms with Gasteiger partial charge < -0.3 is 5.11 Å². The van der Waals surface area contributed by atoms with E-state index in [1.54, 1.807) is 0 Å². The molecule has 1 N–H and O–H groups in total. The molecule has 0 amide bonds. The third-order valence-corrected chi connectivity index (χ3v) is 5.81. The lowest BCUT2D eigenvalue weighted by Crippen LogP contribution is -2.48. The molecular formula is C12H23NO3S. The van der Waals surface area contributed by atoms with Crippen LogP contribution in [0.15, 0.2) is 0 Å². The van der Waals surface area contributed by atoms with Gasteiger partial charge in [0, 0.05) is 6.04 Å². The van der Waals surface area contributed by atoms with Crippen LogP contribution in [-0.4, -0.2) is 54.7 Å². The third kappa shape index (κ3) is 3.01. The lowest BCUT2D eigenvalue weighted by Gasteiger charge is -2.35. The summed E-state index contributed by atoms with van der Waals surface area (Å²) in [6.45, 7) is 3.09. The van der Waals surface area contributed by atoms with Gasteiger partial charge in [-0.1, -0.05) is 19.8 Å². The quantitative estimate of drug-likeness (QED) is 0.799. The molecular weight excluding hydrogens is 238 g/mol. The summed E-state index contributed by atoms with van der Waals surface area (Å²) in [7, 11) is -3.03. The molecule has 2 fully saturated rings. The maximum absolute atomic E-state index is 11.6. The van der Waals surface area contributed by atoms with E-state index >= 15 is 0 Å². The van der Waals surface area contributed by atoms with Gasteiger partial charge in [0.1, 0.15) is 0 Å². The first-order chi connectivity index (χ1) is 8.03. The first-order valence-electron chi connectivity index (χ1n) is 6.67. The van der Waals surface area contributed by atoms with Gasteiger partial charge in [-0.05, 0) is 25.8 Å². The lowest BCUT2D eigenvalue weighted by molar-refractivity contribution is 0.0539. The zero-order valence-corrected chi connectivity index (χ0v) is 11.3. The van der Waals surface area contributed by atoms with Crippen molar-refractivity contribution >= 4 is 9.84 Å². The van der Waals surface area contributed by atoms with Crippen molar-refractivity contribution < 1.29 is 13.5 Å². The van der Waals surface area contributed by atoms with Crippen LogP contribution in [0.1, 0.15) is 39.0 Å². The first-order valence-corrected chi connectivity index (χ1v) is 8.50. The van der Waals surface area contributed by atoms with Gasteiger partial charge in [0.2, 0.25) is 0 Å². The van der Waals surface area contributed by atoms with Crippen LogP contribution in [0.3, 0.4) is 0 Å². The van der Waals surface area contributed by atoms with Crippen molar-refractivity contribution in [2.24, 2.45) is 0 Å². The molecule has 2 aliphatic heterocycles. The second-order valence-corrected chi connectivity index (χ2v) is 7.51. The zero-order chi connectivity index (χ0) is 12.5. The fraction of sp³-hybridized carbons (Fsp3) is 1.00. The van der Waals surface area contributed by atoms with Crippen LogP contribution in [-0.2, 0) is 9.84 Å². The largest absolute Gasteiger partial charge is 0.390 e. The van der Waals surface area contributed by atoms with Gasteiger partial charge in [-0.15, -0.1) is 0 Å². The number of aliphatic hydroxyl groups is 1. The highest BCUT2D eigenvalue weighted by Gasteiger charge is 2.41. The maximum Gasteiger partial charge on any atom is 0.154 e. The average molecular weight is 261 g/mol. The summed E-state index contributed by atoms with van der Waals surface area (Å²) in [4.78, 5) is 2.27. The van der Waals surface area contributed by atoms with Crippen LogP contribution in [0.2, 0.25) is 0 Å². The van der Waals surface area contributed by atoms with Gasteiger partial charge in [-0.3, -0.25) is 4.90 Å². The van der Waals surface area contributed by atoms with E-state index in [1.807, 2.05) is 0 Å². The van der Waals surface area contributed by atoms with E-state index in [1.165, 1.54) is 12.8 Å². The number of rotatable bonds is 2. The Morgan fingerprint density at radius 2 is 2.00 bits per heavy atom. The number of aliphatic hydroxyl groups excluding tert-OH is 1. The molecule has 3 atom stereocenters. The minimum absolute atomic E-state index is 0.0510. The Morgan fingerprint density at radius 3 is 2.59 bits per heavy atom. The van der Waals surface area contributed by atoms with E-state index in [9.17, 15) is 13.5 Å². The average Bonchev–Trinajstić information content (AvgIpc) is 2.46. The fourth-order valence-electron chi connectivity index (χ4n) is 3.20. The standard InChI is InChI=1S/C12H23NO3S/c1-2-10-6-4-3-5-7-13(10)11-8-17(15,16)9-12(11)14/h10-12,14H,2-9H2,1H3. The van der Waals surface area contributed by atoms with E-state index in [2.05, 4.69) is 11.8 Å². The Balaban J connectivity index is 2.13. The lowest BCUT2D eigenvalue weighted by atomic mass is 10.0. The number of sulfone groups is 1. The number of hydrogen-bond donors (Lipinski definition) is 1. The van der Waals surface area contributed by atoms with Crippen LogP contribution >= 0.6 is 0 Å². The van der Waals surface area contributed by atoms with Crippen molar-refractivity contribution in [1.29, 1.82) is 0 Å². The Labute approximate surface area is 104 Å². The molecule has 2 aliphatic rings. The molecule has 0 saturated carbocycles. The van der Waals surface area contributed by atoms with Gasteiger partial charge >= 0.3 is 0 Å². The van der Waals surface area contributed by atoms with Crippen molar-refractivity contribution in [2.75, 3.05) is 18.1 Å². The summed E-state index contributed by atoms with van der Waals surface area (Å²) in [5.74, 6) is 0.0925. The topological polar surface area (TPSA) is 57.6 Å². The van der Waals surface area contributed by atoms with Crippen LogP contribution in [0, 0.1) is 0 Å². The molecule has 2 rings (SSSR count). The molecule has 0 aromatic rings. The van der Waals surface area contributed by atoms with E-state index in [0.29, 0.717) is 6.04 Å². The highest BCUT2D eigenvalue weighted by Crippen LogP contribution is 2.27. The van der Waals surface area contributed by atoms with Crippen molar-refractivity contribution in [1.82, 2.24) is 4.90 Å². The Morgan fingerprint density at radius 1 is 1.24 bits per heavy atom. The monoisotopic (exact) mass is 261 g/mol. The minimum Gasteiger partial charge on any atom is -0.390 e. The summed E-state index contributed by atoms with van der Waals surface area (Å²) < 4.78 is 23.2. The van der Waals surface area contributed by atoms with Crippen LogP contribution < -0.4 is 0 Å². The summed E-state index contributed by atoms with van der Waals surface area (Å²) in [5, 5.41) is 9.96. The van der Waals surface area contributed by atoms with Gasteiger partial charge in [0.25, 0.3) is 0 Å². The molecule has 0 radical (unpaired) electrons. The molecule has 0 spiro atoms. The number of hydrogen-bond acceptors (Lipinski definition) is 4. The first kappa shape index (κ1) is 13.3. The molecule has 5 heteroatoms. The van der Waals surface area contributed by atoms with E-state index in [4.69, 9.17) is 0 Å². The molecule has 0 aromatic heterocycles. The molecule has 100 valence electrons. The Hall–Kier alpha value is -0.130. The van der Waals surface area contributed by atoms with Crippen molar-refractivity contribution in [2.45, 2.75) is 57.2 Å². The highest BCUT2D eigenvalue weighted by molar-refractivity contribution is 7.91. The second kappa shape index (κ2) is 5.24. The third-order valence-electron chi connectivity index (χ3n) is 4.11. The van der Waals surface area contributed by atoms with Gasteiger partial charge in [-0.2, -0.15) is 0 Å². The van der Waals surface area contributed by atoms with E-state index in [-0.39, 0.29) is 17.5 Å².